The van der Waals surface area contributed by atoms with Gasteiger partial charge in [-0.25, -0.2) is 4.90 Å². The molecule has 1 atom stereocenters. The fraction of sp³-hybridized carbons (Fsp3) is 0.143. The molecule has 1 aliphatic heterocycles. The molecule has 0 saturated carbocycles. The Morgan fingerprint density at radius 3 is 2.18 bits per heavy atom. The Hall–Kier alpha value is -5.35. The molecule has 4 aromatic carbocycles. The van der Waals surface area contributed by atoms with E-state index in [-0.39, 0.29) is 23.9 Å². The number of methoxy groups -OCH3 is 1. The molecule has 1 heterocycles. The van der Waals surface area contributed by atoms with Crippen LogP contribution < -0.4 is 25.2 Å². The first-order valence-electron chi connectivity index (χ1n) is 14.2. The zero-order valence-electron chi connectivity index (χ0n) is 25.0. The van der Waals surface area contributed by atoms with Gasteiger partial charge in [-0.15, -0.1) is 11.8 Å². The quantitative estimate of drug-likeness (QED) is 0.176. The summed E-state index contributed by atoms with van der Waals surface area (Å²) in [6.07, 6.45) is 1.70. The van der Waals surface area contributed by atoms with Gasteiger partial charge in [-0.1, -0.05) is 30.3 Å². The van der Waals surface area contributed by atoms with E-state index >= 15 is 0 Å². The van der Waals surface area contributed by atoms with Crippen molar-refractivity contribution in [3.63, 3.8) is 0 Å². The molecular weight excluding hydrogens is 588 g/mol. The first kappa shape index (κ1) is 31.1. The molecule has 10 heteroatoms. The molecule has 0 bridgehead atoms. The van der Waals surface area contributed by atoms with E-state index in [2.05, 4.69) is 10.6 Å². The van der Waals surface area contributed by atoms with Crippen LogP contribution in [-0.2, 0) is 14.4 Å². The van der Waals surface area contributed by atoms with Crippen LogP contribution in [0.15, 0.2) is 114 Å². The molecule has 0 aromatic heterocycles. The van der Waals surface area contributed by atoms with Gasteiger partial charge in [0.15, 0.2) is 0 Å². The predicted octanol–water partition coefficient (Wildman–Crippen LogP) is 5.60. The first-order valence-corrected chi connectivity index (χ1v) is 15.0. The van der Waals surface area contributed by atoms with Gasteiger partial charge in [0.1, 0.15) is 11.4 Å². The molecule has 0 aliphatic carbocycles. The van der Waals surface area contributed by atoms with Crippen molar-refractivity contribution in [2.75, 3.05) is 36.3 Å². The second kappa shape index (κ2) is 14.0. The number of hydrogen-bond acceptors (Lipinski definition) is 7. The minimum Gasteiger partial charge on any atom is -0.497 e. The number of benzene rings is 4. The summed E-state index contributed by atoms with van der Waals surface area (Å²) in [5.41, 5.74) is 3.25. The van der Waals surface area contributed by atoms with Crippen molar-refractivity contribution in [1.29, 1.82) is 0 Å². The first-order chi connectivity index (χ1) is 21.7. The van der Waals surface area contributed by atoms with E-state index in [1.54, 1.807) is 86.0 Å². The molecule has 228 valence electrons. The van der Waals surface area contributed by atoms with E-state index in [0.29, 0.717) is 22.7 Å². The van der Waals surface area contributed by atoms with Crippen LogP contribution in [0.3, 0.4) is 0 Å². The van der Waals surface area contributed by atoms with Crippen LogP contribution >= 0.6 is 11.8 Å². The lowest BCUT2D eigenvalue weighted by atomic mass is 10.1. The molecule has 1 aliphatic rings. The van der Waals surface area contributed by atoms with Crippen molar-refractivity contribution < 1.29 is 23.9 Å². The predicted molar refractivity (Wildman–Crippen MR) is 177 cm³/mol. The molecule has 4 aromatic rings. The molecule has 1 unspecified atom stereocenters. The smallest absolute Gasteiger partial charge is 0.272 e. The van der Waals surface area contributed by atoms with Crippen LogP contribution in [0.1, 0.15) is 22.3 Å². The molecule has 5 rings (SSSR count). The molecule has 1 saturated heterocycles. The number of amides is 4. The maximum absolute atomic E-state index is 13.4. The summed E-state index contributed by atoms with van der Waals surface area (Å²) in [6.45, 7) is 0. The number of thioether (sulfide) groups is 1. The average molecular weight is 621 g/mol. The van der Waals surface area contributed by atoms with E-state index in [0.717, 1.165) is 16.1 Å². The largest absolute Gasteiger partial charge is 0.497 e. The van der Waals surface area contributed by atoms with Crippen molar-refractivity contribution in [1.82, 2.24) is 5.32 Å². The molecule has 1 fully saturated rings. The van der Waals surface area contributed by atoms with Gasteiger partial charge in [0, 0.05) is 42.3 Å². The summed E-state index contributed by atoms with van der Waals surface area (Å²) in [5.74, 6) is -0.818. The van der Waals surface area contributed by atoms with Crippen molar-refractivity contribution in [2.24, 2.45) is 0 Å². The Morgan fingerprint density at radius 2 is 1.56 bits per heavy atom. The van der Waals surface area contributed by atoms with Crippen LogP contribution in [0.4, 0.5) is 17.1 Å². The van der Waals surface area contributed by atoms with Crippen molar-refractivity contribution in [3.8, 4) is 5.75 Å². The number of rotatable bonds is 10. The standard InChI is InChI=1S/C35H32N4O5S/c1-38(2)26-13-9-23(10-14-26)21-30(37-33(41)24-7-5-4-6-8-24)34(42)36-25-11-19-29(20-12-25)45-31-22-32(40)39(35(31)43)27-15-17-28(44-3)18-16-27/h4-21,31H,22H2,1-3H3,(H,36,42)(H,37,41)/b30-21-. The topological polar surface area (TPSA) is 108 Å². The van der Waals surface area contributed by atoms with E-state index in [9.17, 15) is 19.2 Å². The molecule has 9 nitrogen and oxygen atoms in total. The Bertz CT molecular complexity index is 1720. The summed E-state index contributed by atoms with van der Waals surface area (Å²) in [5, 5.41) is 5.02. The third kappa shape index (κ3) is 7.60. The zero-order chi connectivity index (χ0) is 31.9. The maximum Gasteiger partial charge on any atom is 0.272 e. The Labute approximate surface area is 265 Å². The van der Waals surface area contributed by atoms with E-state index < -0.39 is 17.1 Å². The molecule has 45 heavy (non-hydrogen) atoms. The summed E-state index contributed by atoms with van der Waals surface area (Å²) >= 11 is 1.29. The summed E-state index contributed by atoms with van der Waals surface area (Å²) in [4.78, 5) is 56.1. The van der Waals surface area contributed by atoms with Gasteiger partial charge < -0.3 is 20.3 Å². The Kier molecular flexibility index (Phi) is 9.64. The highest BCUT2D eigenvalue weighted by molar-refractivity contribution is 8.00. The normalized spacial score (nSPS) is 14.7. The molecule has 0 spiro atoms. The summed E-state index contributed by atoms with van der Waals surface area (Å²) < 4.78 is 5.16. The number of carbonyl (C=O) groups excluding carboxylic acids is 4. The minimum absolute atomic E-state index is 0.0774. The van der Waals surface area contributed by atoms with Crippen LogP contribution in [0.2, 0.25) is 0 Å². The van der Waals surface area contributed by atoms with E-state index in [1.807, 2.05) is 49.3 Å². The van der Waals surface area contributed by atoms with Crippen molar-refractivity contribution >= 4 is 58.5 Å². The molecule has 2 N–H and O–H groups in total. The SMILES string of the molecule is COc1ccc(N2C(=O)CC(Sc3ccc(NC(=O)/C(=C/c4ccc(N(C)C)cc4)NC(=O)c4ccccc4)cc3)C2=O)cc1. The summed E-state index contributed by atoms with van der Waals surface area (Å²) in [7, 11) is 5.43. The van der Waals surface area contributed by atoms with Crippen LogP contribution in [0.5, 0.6) is 5.75 Å². The average Bonchev–Trinajstić information content (AvgIpc) is 3.33. The summed E-state index contributed by atoms with van der Waals surface area (Å²) in [6, 6.07) is 30.0. The second-order valence-corrected chi connectivity index (χ2v) is 11.7. The van der Waals surface area contributed by atoms with Gasteiger partial charge in [-0.05, 0) is 84.4 Å². The number of ether oxygens (including phenoxy) is 1. The van der Waals surface area contributed by atoms with E-state index in [1.165, 1.54) is 16.7 Å². The maximum atomic E-state index is 13.4. The fourth-order valence-electron chi connectivity index (χ4n) is 4.66. The zero-order valence-corrected chi connectivity index (χ0v) is 25.8. The van der Waals surface area contributed by atoms with Gasteiger partial charge in [-0.2, -0.15) is 0 Å². The van der Waals surface area contributed by atoms with Crippen LogP contribution in [0, 0.1) is 0 Å². The number of nitrogens with zero attached hydrogens (tertiary/aromatic N) is 2. The van der Waals surface area contributed by atoms with Gasteiger partial charge in [0.05, 0.1) is 18.0 Å². The van der Waals surface area contributed by atoms with Gasteiger partial charge >= 0.3 is 0 Å². The molecule has 0 radical (unpaired) electrons. The van der Waals surface area contributed by atoms with Crippen LogP contribution in [0.25, 0.3) is 6.08 Å². The lowest BCUT2D eigenvalue weighted by molar-refractivity contribution is -0.121. The van der Waals surface area contributed by atoms with Crippen molar-refractivity contribution in [2.45, 2.75) is 16.6 Å². The van der Waals surface area contributed by atoms with Crippen LogP contribution in [-0.4, -0.2) is 50.1 Å². The Morgan fingerprint density at radius 1 is 0.889 bits per heavy atom. The monoisotopic (exact) mass is 620 g/mol. The molecule has 4 amide bonds. The van der Waals surface area contributed by atoms with Crippen molar-refractivity contribution in [3.05, 3.63) is 120 Å². The number of carbonyl (C=O) groups is 4. The lowest BCUT2D eigenvalue weighted by Crippen LogP contribution is -2.31. The third-order valence-corrected chi connectivity index (χ3v) is 8.27. The fourth-order valence-corrected chi connectivity index (χ4v) is 5.71. The second-order valence-electron chi connectivity index (χ2n) is 10.4. The van der Waals surface area contributed by atoms with Gasteiger partial charge in [-0.3, -0.25) is 19.2 Å². The van der Waals surface area contributed by atoms with Gasteiger partial charge in [0.25, 0.3) is 11.8 Å². The number of anilines is 3. The van der Waals surface area contributed by atoms with E-state index in [4.69, 9.17) is 4.74 Å². The number of nitrogens with one attached hydrogen (secondary N) is 2. The highest BCUT2D eigenvalue weighted by Crippen LogP contribution is 2.35. The highest BCUT2D eigenvalue weighted by atomic mass is 32.2. The highest BCUT2D eigenvalue weighted by Gasteiger charge is 2.40. The minimum atomic E-state index is -0.568. The molecular formula is C35H32N4O5S. The Balaban J connectivity index is 1.28. The number of hydrogen-bond donors (Lipinski definition) is 2. The lowest BCUT2D eigenvalue weighted by Gasteiger charge is -2.15. The number of imide groups is 1. The van der Waals surface area contributed by atoms with Gasteiger partial charge in [0.2, 0.25) is 11.8 Å². The third-order valence-electron chi connectivity index (χ3n) is 7.08.